The minimum Gasteiger partial charge on any atom is -0.493 e. The normalized spacial score (nSPS) is 15.6. The fourth-order valence-corrected chi connectivity index (χ4v) is 4.45. The van der Waals surface area contributed by atoms with Gasteiger partial charge in [-0.1, -0.05) is 18.2 Å². The van der Waals surface area contributed by atoms with E-state index in [1.54, 1.807) is 7.11 Å². The first kappa shape index (κ1) is 21.5. The number of nitrogens with one attached hydrogen (secondary N) is 1. The Bertz CT molecular complexity index is 1070. The number of likely N-dealkylation sites (tertiary alicyclic amines) is 1. The van der Waals surface area contributed by atoms with E-state index in [0.29, 0.717) is 6.61 Å². The molecule has 5 rings (SSSR count). The van der Waals surface area contributed by atoms with Gasteiger partial charge in [-0.05, 0) is 74.0 Å². The summed E-state index contributed by atoms with van der Waals surface area (Å²) in [5.74, 6) is 3.23. The van der Waals surface area contributed by atoms with E-state index in [-0.39, 0.29) is 0 Å². The second kappa shape index (κ2) is 10.0. The molecular formula is C27H31N3O3. The maximum atomic E-state index is 6.04. The lowest BCUT2D eigenvalue weighted by molar-refractivity contribution is 0.230. The fourth-order valence-electron chi connectivity index (χ4n) is 4.45. The van der Waals surface area contributed by atoms with Crippen LogP contribution < -0.4 is 24.4 Å². The van der Waals surface area contributed by atoms with Crippen molar-refractivity contribution in [2.24, 2.45) is 0 Å². The van der Waals surface area contributed by atoms with Crippen LogP contribution in [0.25, 0.3) is 0 Å². The molecule has 1 N–H and O–H groups in total. The molecule has 2 aliphatic heterocycles. The van der Waals surface area contributed by atoms with Gasteiger partial charge in [-0.15, -0.1) is 0 Å². The lowest BCUT2D eigenvalue weighted by Crippen LogP contribution is -2.33. The highest BCUT2D eigenvalue weighted by Gasteiger charge is 2.19. The molecule has 3 aromatic carbocycles. The molecule has 1 saturated heterocycles. The number of nitrogens with zero attached hydrogens (tertiary/aromatic N) is 2. The zero-order valence-corrected chi connectivity index (χ0v) is 19.1. The Labute approximate surface area is 195 Å². The average molecular weight is 446 g/mol. The minimum absolute atomic E-state index is 0.679. The number of para-hydroxylation sites is 1. The van der Waals surface area contributed by atoms with Gasteiger partial charge in [0.05, 0.1) is 13.8 Å². The average Bonchev–Trinajstić information content (AvgIpc) is 3.38. The second-order valence-corrected chi connectivity index (χ2v) is 8.50. The van der Waals surface area contributed by atoms with Gasteiger partial charge in [-0.3, -0.25) is 4.90 Å². The van der Waals surface area contributed by atoms with E-state index in [1.807, 2.05) is 42.5 Å². The van der Waals surface area contributed by atoms with Crippen LogP contribution in [0.4, 0.5) is 11.4 Å². The molecule has 0 radical (unpaired) electrons. The van der Waals surface area contributed by atoms with Gasteiger partial charge < -0.3 is 24.4 Å². The number of fused-ring (bicyclic) bond motifs is 1. The Kier molecular flexibility index (Phi) is 6.53. The quantitative estimate of drug-likeness (QED) is 0.504. The van der Waals surface area contributed by atoms with E-state index in [0.717, 1.165) is 54.1 Å². The third-order valence-corrected chi connectivity index (χ3v) is 6.25. The Morgan fingerprint density at radius 2 is 1.73 bits per heavy atom. The molecule has 0 unspecified atom stereocenters. The van der Waals surface area contributed by atoms with Gasteiger partial charge in [-0.25, -0.2) is 0 Å². The predicted octanol–water partition coefficient (Wildman–Crippen LogP) is 5.35. The second-order valence-electron chi connectivity index (χ2n) is 8.50. The summed E-state index contributed by atoms with van der Waals surface area (Å²) in [7, 11) is 1.70. The van der Waals surface area contributed by atoms with Crippen LogP contribution in [0, 0.1) is 0 Å². The van der Waals surface area contributed by atoms with Crippen LogP contribution in [0.3, 0.4) is 0 Å². The number of anilines is 2. The number of rotatable bonds is 8. The third kappa shape index (κ3) is 5.17. The summed E-state index contributed by atoms with van der Waals surface area (Å²) in [4.78, 5) is 4.73. The molecule has 0 spiro atoms. The Morgan fingerprint density at radius 1 is 0.879 bits per heavy atom. The molecule has 0 atom stereocenters. The van der Waals surface area contributed by atoms with Gasteiger partial charge in [0.25, 0.3) is 0 Å². The molecule has 6 heteroatoms. The molecule has 6 nitrogen and oxygen atoms in total. The van der Waals surface area contributed by atoms with Crippen molar-refractivity contribution >= 4 is 11.4 Å². The van der Waals surface area contributed by atoms with E-state index < -0.39 is 0 Å². The van der Waals surface area contributed by atoms with Crippen LogP contribution in [0.2, 0.25) is 0 Å². The number of ether oxygens (including phenoxy) is 3. The first-order valence-corrected chi connectivity index (χ1v) is 11.7. The maximum absolute atomic E-state index is 6.04. The van der Waals surface area contributed by atoms with Gasteiger partial charge in [0.15, 0.2) is 11.5 Å². The fraction of sp³-hybridized carbons (Fsp3) is 0.333. The smallest absolute Gasteiger partial charge is 0.162 e. The largest absolute Gasteiger partial charge is 0.493 e. The summed E-state index contributed by atoms with van der Waals surface area (Å²) in [6, 6.07) is 22.2. The van der Waals surface area contributed by atoms with Crippen molar-refractivity contribution in [3.63, 3.8) is 0 Å². The van der Waals surface area contributed by atoms with Crippen molar-refractivity contribution in [3.05, 3.63) is 72.3 Å². The molecule has 0 aliphatic carbocycles. The zero-order valence-electron chi connectivity index (χ0n) is 19.1. The van der Waals surface area contributed by atoms with Crippen molar-refractivity contribution in [1.82, 2.24) is 4.90 Å². The van der Waals surface area contributed by atoms with Gasteiger partial charge in [0, 0.05) is 30.5 Å². The summed E-state index contributed by atoms with van der Waals surface area (Å²) in [6.45, 7) is 5.52. The van der Waals surface area contributed by atoms with Gasteiger partial charge in [0.2, 0.25) is 0 Å². The van der Waals surface area contributed by atoms with Crippen LogP contribution in [-0.4, -0.2) is 44.9 Å². The van der Waals surface area contributed by atoms with Crippen LogP contribution in [0.5, 0.6) is 23.0 Å². The van der Waals surface area contributed by atoms with Gasteiger partial charge in [0.1, 0.15) is 18.1 Å². The third-order valence-electron chi connectivity index (χ3n) is 6.25. The topological polar surface area (TPSA) is 46.2 Å². The summed E-state index contributed by atoms with van der Waals surface area (Å²) < 4.78 is 17.7. The van der Waals surface area contributed by atoms with E-state index in [9.17, 15) is 0 Å². The van der Waals surface area contributed by atoms with Crippen molar-refractivity contribution in [1.29, 1.82) is 0 Å². The van der Waals surface area contributed by atoms with Crippen LogP contribution >= 0.6 is 0 Å². The molecule has 2 aliphatic rings. The summed E-state index contributed by atoms with van der Waals surface area (Å²) >= 11 is 0. The number of benzene rings is 3. The number of methoxy groups -OCH3 is 1. The molecule has 2 heterocycles. The highest BCUT2D eigenvalue weighted by Crippen LogP contribution is 2.35. The SMILES string of the molecule is COc1cc(N2CNc3ccc(Oc4ccccc4)cc3C2)ccc1OCCN1CCCC1. The monoisotopic (exact) mass is 445 g/mol. The molecule has 0 aromatic heterocycles. The minimum atomic E-state index is 0.679. The Morgan fingerprint density at radius 3 is 2.55 bits per heavy atom. The Hall–Kier alpha value is -3.38. The molecule has 3 aromatic rings. The predicted molar refractivity (Wildman–Crippen MR) is 132 cm³/mol. The lowest BCUT2D eigenvalue weighted by atomic mass is 10.1. The van der Waals surface area contributed by atoms with Crippen LogP contribution in [-0.2, 0) is 6.54 Å². The molecule has 1 fully saturated rings. The van der Waals surface area contributed by atoms with E-state index in [2.05, 4.69) is 39.4 Å². The first-order valence-electron chi connectivity index (χ1n) is 11.7. The number of hydrogen-bond donors (Lipinski definition) is 1. The molecule has 0 saturated carbocycles. The highest BCUT2D eigenvalue weighted by molar-refractivity contribution is 5.63. The summed E-state index contributed by atoms with van der Waals surface area (Å²) in [5, 5.41) is 3.51. The molecule has 0 bridgehead atoms. The van der Waals surface area contributed by atoms with Gasteiger partial charge >= 0.3 is 0 Å². The molecule has 33 heavy (non-hydrogen) atoms. The molecule has 172 valence electrons. The number of hydrogen-bond acceptors (Lipinski definition) is 6. The van der Waals surface area contributed by atoms with Crippen molar-refractivity contribution in [3.8, 4) is 23.0 Å². The van der Waals surface area contributed by atoms with Crippen LogP contribution in [0.1, 0.15) is 18.4 Å². The first-order chi connectivity index (χ1) is 16.3. The van der Waals surface area contributed by atoms with Crippen LogP contribution in [0.15, 0.2) is 66.7 Å². The van der Waals surface area contributed by atoms with E-state index >= 15 is 0 Å². The lowest BCUT2D eigenvalue weighted by Gasteiger charge is -2.32. The zero-order chi connectivity index (χ0) is 22.5. The highest BCUT2D eigenvalue weighted by atomic mass is 16.5. The Balaban J connectivity index is 1.26. The van der Waals surface area contributed by atoms with E-state index in [1.165, 1.54) is 31.5 Å². The van der Waals surface area contributed by atoms with Crippen molar-refractivity contribution in [2.45, 2.75) is 19.4 Å². The molecule has 0 amide bonds. The van der Waals surface area contributed by atoms with Crippen molar-refractivity contribution < 1.29 is 14.2 Å². The van der Waals surface area contributed by atoms with Gasteiger partial charge in [-0.2, -0.15) is 0 Å². The molecular weight excluding hydrogens is 414 g/mol. The maximum Gasteiger partial charge on any atom is 0.162 e. The van der Waals surface area contributed by atoms with Crippen molar-refractivity contribution in [2.75, 3.05) is 50.2 Å². The summed E-state index contributed by atoms with van der Waals surface area (Å²) in [5.41, 5.74) is 3.42. The standard InChI is InChI=1S/C27H31N3O3/c1-31-27-18-22(9-12-26(27)32-16-15-29-13-5-6-14-29)30-19-21-17-24(10-11-25(21)28-20-30)33-23-7-3-2-4-8-23/h2-4,7-12,17-18,28H,5-6,13-16,19-20H2,1H3. The van der Waals surface area contributed by atoms with E-state index in [4.69, 9.17) is 14.2 Å². The summed E-state index contributed by atoms with van der Waals surface area (Å²) in [6.07, 6.45) is 2.59.